The Kier molecular flexibility index (Phi) is 11.5. The van der Waals surface area contributed by atoms with Crippen molar-refractivity contribution < 1.29 is 14.3 Å². The van der Waals surface area contributed by atoms with Crippen molar-refractivity contribution in [2.45, 2.75) is 45.9 Å². The van der Waals surface area contributed by atoms with Gasteiger partial charge in [0.15, 0.2) is 0 Å². The molecule has 1 aromatic heterocycles. The van der Waals surface area contributed by atoms with Crippen molar-refractivity contribution in [2.24, 2.45) is 0 Å². The number of halogens is 2. The number of hydrogen-bond acceptors (Lipinski definition) is 5. The van der Waals surface area contributed by atoms with Gasteiger partial charge in [-0.25, -0.2) is 0 Å². The molecule has 5 rings (SSSR count). The van der Waals surface area contributed by atoms with Gasteiger partial charge in [0.1, 0.15) is 18.1 Å². The van der Waals surface area contributed by atoms with Gasteiger partial charge in [-0.05, 0) is 82.2 Å². The third-order valence-electron chi connectivity index (χ3n) is 7.88. The quantitative estimate of drug-likeness (QED) is 0.169. The van der Waals surface area contributed by atoms with Crippen LogP contribution in [0.5, 0.6) is 11.5 Å². The lowest BCUT2D eigenvalue weighted by Crippen LogP contribution is -2.33. The second-order valence-electron chi connectivity index (χ2n) is 11.5. The summed E-state index contributed by atoms with van der Waals surface area (Å²) in [6, 6.07) is 21.3. The van der Waals surface area contributed by atoms with Crippen LogP contribution in [-0.4, -0.2) is 72.3 Å². The molecule has 1 saturated heterocycles. The van der Waals surface area contributed by atoms with Crippen LogP contribution in [-0.2, 0) is 13.1 Å². The van der Waals surface area contributed by atoms with Crippen LogP contribution in [0.3, 0.4) is 0 Å². The van der Waals surface area contributed by atoms with Crippen molar-refractivity contribution in [3.63, 3.8) is 0 Å². The molecular weight excluding hydrogens is 595 g/mol. The van der Waals surface area contributed by atoms with Gasteiger partial charge in [-0.2, -0.15) is 0 Å². The zero-order valence-corrected chi connectivity index (χ0v) is 27.1. The van der Waals surface area contributed by atoms with Crippen molar-refractivity contribution in [1.29, 1.82) is 0 Å². The average Bonchev–Trinajstić information content (AvgIpc) is 3.24. The number of carbonyl (C=O) groups excluding carboxylic acids is 1. The third-order valence-corrected chi connectivity index (χ3v) is 8.62. The first-order valence-electron chi connectivity index (χ1n) is 15.5. The number of ether oxygens (including phenoxy) is 2. The van der Waals surface area contributed by atoms with E-state index >= 15 is 0 Å². The number of benzene rings is 3. The zero-order chi connectivity index (χ0) is 30.9. The Morgan fingerprint density at radius 3 is 2.41 bits per heavy atom. The smallest absolute Gasteiger partial charge is 0.253 e. The van der Waals surface area contributed by atoms with Crippen molar-refractivity contribution in [1.82, 2.24) is 19.7 Å². The van der Waals surface area contributed by atoms with Gasteiger partial charge in [-0.3, -0.25) is 9.69 Å². The molecule has 1 fully saturated rings. The van der Waals surface area contributed by atoms with E-state index in [1.165, 1.54) is 0 Å². The lowest BCUT2D eigenvalue weighted by Gasteiger charge is -2.22. The fraction of sp³-hybridized carbons (Fsp3) is 0.400. The number of para-hydroxylation sites is 2. The van der Waals surface area contributed by atoms with Crippen molar-refractivity contribution in [3.8, 4) is 11.5 Å². The van der Waals surface area contributed by atoms with E-state index in [4.69, 9.17) is 32.7 Å². The summed E-state index contributed by atoms with van der Waals surface area (Å²) >= 11 is 12.2. The number of nitrogens with zero attached hydrogens (tertiary/aromatic N) is 3. The van der Waals surface area contributed by atoms with E-state index in [-0.39, 0.29) is 12.0 Å². The summed E-state index contributed by atoms with van der Waals surface area (Å²) < 4.78 is 14.3. The molecule has 3 aromatic carbocycles. The summed E-state index contributed by atoms with van der Waals surface area (Å²) in [7, 11) is 0. The molecule has 0 aliphatic carbocycles. The largest absolute Gasteiger partial charge is 0.492 e. The van der Waals surface area contributed by atoms with E-state index in [1.54, 1.807) is 12.1 Å². The monoisotopic (exact) mass is 636 g/mol. The van der Waals surface area contributed by atoms with Crippen molar-refractivity contribution >= 4 is 40.0 Å². The summed E-state index contributed by atoms with van der Waals surface area (Å²) in [5.74, 6) is 1.59. The number of hydrogen-bond donors (Lipinski definition) is 1. The van der Waals surface area contributed by atoms with Crippen molar-refractivity contribution in [3.05, 3.63) is 94.1 Å². The number of rotatable bonds is 13. The SMILES string of the molecule is CC(C)Oc1cccc2c(C(=O)NCc3ccc(Cl)c(Cl)c3)cn(CCCN3CCCN(CCOc4ccccc4)CC3)c12. The number of carbonyl (C=O) groups is 1. The summed E-state index contributed by atoms with van der Waals surface area (Å²) in [5, 5.41) is 4.91. The van der Waals surface area contributed by atoms with Gasteiger partial charge in [0.25, 0.3) is 5.91 Å². The molecule has 0 unspecified atom stereocenters. The van der Waals surface area contributed by atoms with Crippen molar-refractivity contribution in [2.75, 3.05) is 45.9 Å². The standard InChI is InChI=1S/C35H42Cl2N4O3/c1-26(2)44-33-12-6-11-29-30(35(42)38-24-27-13-14-31(36)32(37)23-27)25-41(34(29)33)18-8-17-39-15-7-16-40(20-19-39)21-22-43-28-9-4-3-5-10-28/h3-6,9-14,23,25-26H,7-8,15-22,24H2,1-2H3,(H,38,42). The summed E-state index contributed by atoms with van der Waals surface area (Å²) in [4.78, 5) is 18.5. The Morgan fingerprint density at radius 2 is 1.66 bits per heavy atom. The molecule has 9 heteroatoms. The van der Waals surface area contributed by atoms with Crippen LogP contribution in [0.25, 0.3) is 10.9 Å². The van der Waals surface area contributed by atoms with Gasteiger partial charge >= 0.3 is 0 Å². The van der Waals surface area contributed by atoms with Gasteiger partial charge in [-0.1, -0.05) is 59.6 Å². The van der Waals surface area contributed by atoms with Gasteiger partial charge in [-0.15, -0.1) is 0 Å². The molecule has 0 bridgehead atoms. The molecule has 0 atom stereocenters. The Labute approximate surface area is 270 Å². The minimum atomic E-state index is -0.134. The molecule has 0 spiro atoms. The van der Waals surface area contributed by atoms with E-state index < -0.39 is 0 Å². The number of aromatic nitrogens is 1. The van der Waals surface area contributed by atoms with E-state index in [2.05, 4.69) is 19.7 Å². The lowest BCUT2D eigenvalue weighted by atomic mass is 10.1. The summed E-state index contributed by atoms with van der Waals surface area (Å²) in [6.07, 6.45) is 4.11. The predicted molar refractivity (Wildman–Crippen MR) is 179 cm³/mol. The third kappa shape index (κ3) is 8.69. The summed E-state index contributed by atoms with van der Waals surface area (Å²) in [5.41, 5.74) is 2.49. The number of nitrogens with one attached hydrogen (secondary N) is 1. The predicted octanol–water partition coefficient (Wildman–Crippen LogP) is 7.14. The maximum atomic E-state index is 13.4. The number of amides is 1. The van der Waals surface area contributed by atoms with E-state index in [0.717, 1.165) is 86.6 Å². The fourth-order valence-electron chi connectivity index (χ4n) is 5.70. The second-order valence-corrected chi connectivity index (χ2v) is 12.4. The van der Waals surface area contributed by atoms with Crippen LogP contribution in [0.1, 0.15) is 42.6 Å². The Balaban J connectivity index is 1.20. The Hall–Kier alpha value is -3.23. The summed E-state index contributed by atoms with van der Waals surface area (Å²) in [6.45, 7) is 12.1. The maximum absolute atomic E-state index is 13.4. The highest BCUT2D eigenvalue weighted by Crippen LogP contribution is 2.31. The molecule has 44 heavy (non-hydrogen) atoms. The van der Waals surface area contributed by atoms with Gasteiger partial charge < -0.3 is 24.3 Å². The first-order chi connectivity index (χ1) is 21.4. The van der Waals surface area contributed by atoms with Crippen LogP contribution in [0, 0.1) is 0 Å². The highest BCUT2D eigenvalue weighted by atomic mass is 35.5. The molecule has 4 aromatic rings. The number of fused-ring (bicyclic) bond motifs is 1. The van der Waals surface area contributed by atoms with Gasteiger partial charge in [0.05, 0.1) is 27.2 Å². The fourth-order valence-corrected chi connectivity index (χ4v) is 6.03. The Morgan fingerprint density at radius 1 is 0.886 bits per heavy atom. The minimum Gasteiger partial charge on any atom is -0.492 e. The first kappa shape index (κ1) is 32.2. The van der Waals surface area contributed by atoms with E-state index in [1.807, 2.05) is 74.6 Å². The highest BCUT2D eigenvalue weighted by molar-refractivity contribution is 6.42. The molecule has 234 valence electrons. The second kappa shape index (κ2) is 15.7. The normalized spacial score (nSPS) is 14.6. The van der Waals surface area contributed by atoms with Crippen LogP contribution < -0.4 is 14.8 Å². The topological polar surface area (TPSA) is 59.0 Å². The van der Waals surface area contributed by atoms with Crippen LogP contribution in [0.15, 0.2) is 72.9 Å². The molecule has 1 aliphatic heterocycles. The van der Waals surface area contributed by atoms with E-state index in [9.17, 15) is 4.79 Å². The minimum absolute atomic E-state index is 0.0222. The van der Waals surface area contributed by atoms with Gasteiger partial charge in [0.2, 0.25) is 0 Å². The molecular formula is C35H42Cl2N4O3. The lowest BCUT2D eigenvalue weighted by molar-refractivity contribution is 0.0952. The van der Waals surface area contributed by atoms with Gasteiger partial charge in [0, 0.05) is 44.3 Å². The maximum Gasteiger partial charge on any atom is 0.253 e. The molecule has 1 amide bonds. The molecule has 0 radical (unpaired) electrons. The van der Waals surface area contributed by atoms with Crippen LogP contribution in [0.4, 0.5) is 0 Å². The van der Waals surface area contributed by atoms with Crippen LogP contribution >= 0.6 is 23.2 Å². The molecule has 0 saturated carbocycles. The van der Waals surface area contributed by atoms with E-state index in [0.29, 0.717) is 28.8 Å². The molecule has 1 N–H and O–H groups in total. The van der Waals surface area contributed by atoms with Crippen LogP contribution in [0.2, 0.25) is 10.0 Å². The Bertz CT molecular complexity index is 1530. The first-order valence-corrected chi connectivity index (χ1v) is 16.3. The molecule has 2 heterocycles. The molecule has 1 aliphatic rings. The highest BCUT2D eigenvalue weighted by Gasteiger charge is 2.20. The zero-order valence-electron chi connectivity index (χ0n) is 25.6. The molecule has 7 nitrogen and oxygen atoms in total. The average molecular weight is 638 g/mol. The number of aryl methyl sites for hydroxylation is 1.